The maximum Gasteiger partial charge on any atom is 0.289 e. The lowest BCUT2D eigenvalue weighted by Crippen LogP contribution is -2.40. The quantitative estimate of drug-likeness (QED) is 0.944. The number of H-pyrrole nitrogens is 1. The van der Waals surface area contributed by atoms with Gasteiger partial charge in [-0.3, -0.25) is 4.79 Å². The van der Waals surface area contributed by atoms with Crippen LogP contribution >= 0.6 is 0 Å². The van der Waals surface area contributed by atoms with E-state index in [0.29, 0.717) is 17.7 Å². The van der Waals surface area contributed by atoms with E-state index in [1.54, 1.807) is 7.11 Å². The third-order valence-electron chi connectivity index (χ3n) is 4.65. The van der Waals surface area contributed by atoms with Crippen LogP contribution in [0.5, 0.6) is 0 Å². The van der Waals surface area contributed by atoms with Crippen LogP contribution in [0.15, 0.2) is 24.3 Å². The van der Waals surface area contributed by atoms with Gasteiger partial charge < -0.3 is 14.6 Å². The normalized spacial score (nSPS) is 17.8. The summed E-state index contributed by atoms with van der Waals surface area (Å²) in [6, 6.07) is 7.73. The average Bonchev–Trinajstić information content (AvgIpc) is 2.98. The molecule has 1 fully saturated rings. The summed E-state index contributed by atoms with van der Waals surface area (Å²) in [6.07, 6.45) is 2.08. The number of carbonyl (C=O) groups is 1. The summed E-state index contributed by atoms with van der Waals surface area (Å²) in [5.41, 5.74) is 1.75. The maximum atomic E-state index is 12.6. The van der Waals surface area contributed by atoms with Gasteiger partial charge in [0.25, 0.3) is 5.91 Å². The first-order valence-corrected chi connectivity index (χ1v) is 7.92. The van der Waals surface area contributed by atoms with Gasteiger partial charge in [0.1, 0.15) is 0 Å². The fourth-order valence-electron chi connectivity index (χ4n) is 3.27. The van der Waals surface area contributed by atoms with Crippen LogP contribution in [0.2, 0.25) is 0 Å². The van der Waals surface area contributed by atoms with E-state index in [0.717, 1.165) is 43.6 Å². The molecule has 1 amide bonds. The molecule has 1 aliphatic heterocycles. The number of piperidine rings is 1. The van der Waals surface area contributed by atoms with Crippen molar-refractivity contribution in [2.24, 2.45) is 11.8 Å². The van der Waals surface area contributed by atoms with E-state index in [1.165, 1.54) is 0 Å². The summed E-state index contributed by atoms with van der Waals surface area (Å²) < 4.78 is 5.24. The predicted molar refractivity (Wildman–Crippen MR) is 85.8 cm³/mol. The number of aromatic amines is 1. The fourth-order valence-corrected chi connectivity index (χ4v) is 3.27. The van der Waals surface area contributed by atoms with Crippen molar-refractivity contribution >= 4 is 16.9 Å². The van der Waals surface area contributed by atoms with Gasteiger partial charge in [0.2, 0.25) is 0 Å². The van der Waals surface area contributed by atoms with Gasteiger partial charge in [-0.1, -0.05) is 19.1 Å². The number of amides is 1. The van der Waals surface area contributed by atoms with Gasteiger partial charge in [-0.25, -0.2) is 4.98 Å². The SMILES string of the molecule is COCC(C)C1CCN(C(=O)c2nc3ccccc3[nH]2)CC1. The predicted octanol–water partition coefficient (Wildman–Crippen LogP) is 2.70. The molecule has 0 saturated carbocycles. The Morgan fingerprint density at radius 1 is 1.41 bits per heavy atom. The molecular weight excluding hydrogens is 278 g/mol. The number of para-hydroxylation sites is 2. The highest BCUT2D eigenvalue weighted by Crippen LogP contribution is 2.26. The Bertz CT molecular complexity index is 611. The molecule has 1 unspecified atom stereocenters. The zero-order valence-electron chi connectivity index (χ0n) is 13.2. The molecule has 0 bridgehead atoms. The standard InChI is InChI=1S/C17H23N3O2/c1-12(11-22-2)13-7-9-20(10-8-13)17(21)16-18-14-5-3-4-6-15(14)19-16/h3-6,12-13H,7-11H2,1-2H3,(H,18,19). The molecule has 2 aromatic rings. The molecule has 5 heteroatoms. The summed E-state index contributed by atoms with van der Waals surface area (Å²) in [6.45, 7) is 4.62. The molecule has 1 atom stereocenters. The van der Waals surface area contributed by atoms with Crippen LogP contribution in [0, 0.1) is 11.8 Å². The van der Waals surface area contributed by atoms with E-state index in [9.17, 15) is 4.79 Å². The summed E-state index contributed by atoms with van der Waals surface area (Å²) in [5, 5.41) is 0. The Morgan fingerprint density at radius 3 is 2.82 bits per heavy atom. The van der Waals surface area contributed by atoms with E-state index in [4.69, 9.17) is 4.74 Å². The Hall–Kier alpha value is -1.88. The number of aromatic nitrogens is 2. The molecular formula is C17H23N3O2. The fraction of sp³-hybridized carbons (Fsp3) is 0.529. The topological polar surface area (TPSA) is 58.2 Å². The van der Waals surface area contributed by atoms with E-state index in [2.05, 4.69) is 16.9 Å². The van der Waals surface area contributed by atoms with Crippen molar-refractivity contribution in [2.45, 2.75) is 19.8 Å². The van der Waals surface area contributed by atoms with Gasteiger partial charge in [0.05, 0.1) is 11.0 Å². The summed E-state index contributed by atoms with van der Waals surface area (Å²) >= 11 is 0. The van der Waals surface area contributed by atoms with Crippen LogP contribution < -0.4 is 0 Å². The summed E-state index contributed by atoms with van der Waals surface area (Å²) in [4.78, 5) is 22.0. The third-order valence-corrected chi connectivity index (χ3v) is 4.65. The highest BCUT2D eigenvalue weighted by Gasteiger charge is 2.28. The summed E-state index contributed by atoms with van der Waals surface area (Å²) in [5.74, 6) is 1.65. The Kier molecular flexibility index (Phi) is 4.43. The molecule has 1 aromatic carbocycles. The van der Waals surface area contributed by atoms with Crippen LogP contribution in [0.1, 0.15) is 30.4 Å². The molecule has 1 aromatic heterocycles. The minimum absolute atomic E-state index is 0.00837. The van der Waals surface area contributed by atoms with Crippen molar-refractivity contribution in [1.29, 1.82) is 0 Å². The number of hydrogen-bond donors (Lipinski definition) is 1. The number of hydrogen-bond acceptors (Lipinski definition) is 3. The average molecular weight is 301 g/mol. The van der Waals surface area contributed by atoms with Crippen molar-refractivity contribution in [3.8, 4) is 0 Å². The molecule has 1 N–H and O–H groups in total. The smallest absolute Gasteiger partial charge is 0.289 e. The lowest BCUT2D eigenvalue weighted by Gasteiger charge is -2.34. The van der Waals surface area contributed by atoms with Gasteiger partial charge in [-0.05, 0) is 36.8 Å². The highest BCUT2D eigenvalue weighted by molar-refractivity contribution is 5.94. The van der Waals surface area contributed by atoms with E-state index < -0.39 is 0 Å². The Balaban J connectivity index is 1.64. The largest absolute Gasteiger partial charge is 0.384 e. The molecule has 0 spiro atoms. The first kappa shape index (κ1) is 15.0. The number of ether oxygens (including phenoxy) is 1. The first-order valence-electron chi connectivity index (χ1n) is 7.92. The van der Waals surface area contributed by atoms with Crippen LogP contribution in [0.3, 0.4) is 0 Å². The number of nitrogens with one attached hydrogen (secondary N) is 1. The second kappa shape index (κ2) is 6.48. The van der Waals surface area contributed by atoms with Crippen LogP contribution in [-0.2, 0) is 4.74 Å². The molecule has 1 aliphatic rings. The molecule has 5 nitrogen and oxygen atoms in total. The van der Waals surface area contributed by atoms with Gasteiger partial charge in [-0.15, -0.1) is 0 Å². The molecule has 118 valence electrons. The molecule has 1 saturated heterocycles. The zero-order valence-corrected chi connectivity index (χ0v) is 13.2. The number of fused-ring (bicyclic) bond motifs is 1. The van der Waals surface area contributed by atoms with E-state index in [1.807, 2.05) is 29.2 Å². The number of rotatable bonds is 4. The van der Waals surface area contributed by atoms with Crippen molar-refractivity contribution in [3.63, 3.8) is 0 Å². The van der Waals surface area contributed by atoms with Gasteiger partial charge in [-0.2, -0.15) is 0 Å². The van der Waals surface area contributed by atoms with Crippen molar-refractivity contribution in [1.82, 2.24) is 14.9 Å². The molecule has 2 heterocycles. The van der Waals surface area contributed by atoms with Crippen molar-refractivity contribution in [3.05, 3.63) is 30.1 Å². The second-order valence-corrected chi connectivity index (χ2v) is 6.16. The zero-order chi connectivity index (χ0) is 15.5. The number of imidazole rings is 1. The first-order chi connectivity index (χ1) is 10.7. The van der Waals surface area contributed by atoms with Gasteiger partial charge >= 0.3 is 0 Å². The maximum absolute atomic E-state index is 12.6. The summed E-state index contributed by atoms with van der Waals surface area (Å²) in [7, 11) is 1.75. The van der Waals surface area contributed by atoms with Crippen LogP contribution in [0.4, 0.5) is 0 Å². The second-order valence-electron chi connectivity index (χ2n) is 6.16. The van der Waals surface area contributed by atoms with Crippen LogP contribution in [0.25, 0.3) is 11.0 Å². The monoisotopic (exact) mass is 301 g/mol. The lowest BCUT2D eigenvalue weighted by atomic mass is 9.86. The number of benzene rings is 1. The molecule has 0 radical (unpaired) electrons. The molecule has 3 rings (SSSR count). The third kappa shape index (κ3) is 2.99. The highest BCUT2D eigenvalue weighted by atomic mass is 16.5. The van der Waals surface area contributed by atoms with Crippen LogP contribution in [-0.4, -0.2) is 47.6 Å². The lowest BCUT2D eigenvalue weighted by molar-refractivity contribution is 0.0589. The van der Waals surface area contributed by atoms with Gasteiger partial charge in [0.15, 0.2) is 5.82 Å². The molecule has 0 aliphatic carbocycles. The van der Waals surface area contributed by atoms with Crippen molar-refractivity contribution < 1.29 is 9.53 Å². The van der Waals surface area contributed by atoms with Gasteiger partial charge in [0, 0.05) is 26.8 Å². The van der Waals surface area contributed by atoms with E-state index >= 15 is 0 Å². The number of carbonyl (C=O) groups excluding carboxylic acids is 1. The number of nitrogens with zero attached hydrogens (tertiary/aromatic N) is 2. The van der Waals surface area contributed by atoms with E-state index in [-0.39, 0.29) is 5.91 Å². The number of methoxy groups -OCH3 is 1. The molecule has 22 heavy (non-hydrogen) atoms. The Labute approximate surface area is 130 Å². The minimum Gasteiger partial charge on any atom is -0.384 e. The van der Waals surface area contributed by atoms with Crippen molar-refractivity contribution in [2.75, 3.05) is 26.8 Å². The minimum atomic E-state index is 0.00837. The number of likely N-dealkylation sites (tertiary alicyclic amines) is 1. The Morgan fingerprint density at radius 2 is 2.14 bits per heavy atom.